The first-order chi connectivity index (χ1) is 15.2. The van der Waals surface area contributed by atoms with Crippen LogP contribution >= 0.6 is 0 Å². The van der Waals surface area contributed by atoms with Gasteiger partial charge in [0.1, 0.15) is 5.82 Å². The third-order valence-corrected chi connectivity index (χ3v) is 7.24. The van der Waals surface area contributed by atoms with Crippen LogP contribution in [-0.4, -0.2) is 19.5 Å². The zero-order chi connectivity index (χ0) is 20.9. The normalized spacial score (nSPS) is 16.7. The van der Waals surface area contributed by atoms with Gasteiger partial charge in [0.25, 0.3) is 0 Å². The van der Waals surface area contributed by atoms with Gasteiger partial charge in [-0.1, -0.05) is 25.0 Å². The molecule has 0 bridgehead atoms. The van der Waals surface area contributed by atoms with E-state index in [-0.39, 0.29) is 0 Å². The van der Waals surface area contributed by atoms with E-state index < -0.39 is 0 Å². The minimum atomic E-state index is 0.820. The summed E-state index contributed by atoms with van der Waals surface area (Å²) in [7, 11) is 2.12. The maximum absolute atomic E-state index is 6.95. The largest absolute Gasteiger partial charge is 0.398 e. The molecule has 5 heteroatoms. The fraction of sp³-hybridized carbons (Fsp3) is 0.423. The van der Waals surface area contributed by atoms with Crippen molar-refractivity contribution in [1.29, 1.82) is 0 Å². The van der Waals surface area contributed by atoms with E-state index in [9.17, 15) is 0 Å². The number of imidazole rings is 1. The van der Waals surface area contributed by atoms with Crippen molar-refractivity contribution in [3.05, 3.63) is 46.8 Å². The zero-order valence-electron chi connectivity index (χ0n) is 18.2. The molecule has 31 heavy (non-hydrogen) atoms. The second-order valence-electron chi connectivity index (χ2n) is 9.17. The fourth-order valence-electron chi connectivity index (χ4n) is 5.62. The van der Waals surface area contributed by atoms with Crippen LogP contribution in [-0.2, 0) is 32.7 Å². The van der Waals surface area contributed by atoms with Crippen molar-refractivity contribution >= 4 is 27.8 Å². The van der Waals surface area contributed by atoms with Crippen molar-refractivity contribution in [2.75, 3.05) is 5.73 Å². The molecule has 5 nitrogen and oxygen atoms in total. The molecule has 0 spiro atoms. The number of nitrogen functional groups attached to an aromatic ring is 1. The Morgan fingerprint density at radius 1 is 0.774 bits per heavy atom. The van der Waals surface area contributed by atoms with Gasteiger partial charge in [-0.3, -0.25) is 0 Å². The summed E-state index contributed by atoms with van der Waals surface area (Å²) in [5.41, 5.74) is 17.0. The second-order valence-corrected chi connectivity index (χ2v) is 9.17. The highest BCUT2D eigenvalue weighted by Gasteiger charge is 2.26. The molecule has 0 saturated heterocycles. The summed E-state index contributed by atoms with van der Waals surface area (Å²) >= 11 is 0. The third-order valence-electron chi connectivity index (χ3n) is 7.24. The molecule has 3 heterocycles. The van der Waals surface area contributed by atoms with Gasteiger partial charge in [-0.15, -0.1) is 0 Å². The lowest BCUT2D eigenvalue weighted by atomic mass is 9.94. The lowest BCUT2D eigenvalue weighted by Crippen LogP contribution is -2.10. The van der Waals surface area contributed by atoms with E-state index in [0.717, 1.165) is 59.3 Å². The Kier molecular flexibility index (Phi) is 4.44. The number of pyridine rings is 2. The molecule has 4 aromatic rings. The van der Waals surface area contributed by atoms with Gasteiger partial charge in [-0.25, -0.2) is 15.0 Å². The smallest absolute Gasteiger partial charge is 0.162 e. The summed E-state index contributed by atoms with van der Waals surface area (Å²) in [6.45, 7) is 0. The Morgan fingerprint density at radius 2 is 1.42 bits per heavy atom. The first-order valence-electron chi connectivity index (χ1n) is 11.8. The Hall–Kier alpha value is -2.95. The van der Waals surface area contributed by atoms with Crippen LogP contribution in [0, 0.1) is 0 Å². The lowest BCUT2D eigenvalue weighted by molar-refractivity contribution is 0.708. The number of benzene rings is 1. The predicted octanol–water partition coefficient (Wildman–Crippen LogP) is 5.30. The average molecular weight is 412 g/mol. The van der Waals surface area contributed by atoms with Gasteiger partial charge in [0.2, 0.25) is 0 Å². The van der Waals surface area contributed by atoms with Gasteiger partial charge in [0, 0.05) is 29.7 Å². The minimum Gasteiger partial charge on any atom is -0.398 e. The molecular weight excluding hydrogens is 382 g/mol. The van der Waals surface area contributed by atoms with Crippen molar-refractivity contribution in [1.82, 2.24) is 19.5 Å². The standard InChI is InChI=1S/C26H29N5/c1-31-21-15-9-8-14-20(21)30-26(31)22-16-10-4-2-6-12-18(16)28-25-23(22)24(27)17-11-5-3-7-13-19(17)29-25/h8-9,14-15H,2-7,10-13H2,1H3,(H2,27,28,29). The maximum Gasteiger partial charge on any atom is 0.162 e. The van der Waals surface area contributed by atoms with Gasteiger partial charge in [-0.05, 0) is 74.6 Å². The number of aryl methyl sites for hydroxylation is 3. The topological polar surface area (TPSA) is 69.6 Å². The Bertz CT molecular complexity index is 1310. The molecule has 0 unspecified atom stereocenters. The van der Waals surface area contributed by atoms with Crippen molar-refractivity contribution in [3.63, 3.8) is 0 Å². The molecule has 0 saturated carbocycles. The lowest BCUT2D eigenvalue weighted by Gasteiger charge is -2.19. The number of aromatic nitrogens is 4. The molecule has 0 fully saturated rings. The van der Waals surface area contributed by atoms with Crippen LogP contribution in [0.5, 0.6) is 0 Å². The number of anilines is 1. The van der Waals surface area contributed by atoms with Crippen LogP contribution in [0.15, 0.2) is 24.3 Å². The number of nitrogens with zero attached hydrogens (tertiary/aromatic N) is 4. The highest BCUT2D eigenvalue weighted by molar-refractivity contribution is 6.03. The van der Waals surface area contributed by atoms with Gasteiger partial charge < -0.3 is 10.3 Å². The van der Waals surface area contributed by atoms with Crippen LogP contribution in [0.3, 0.4) is 0 Å². The number of nitrogens with two attached hydrogens (primary N) is 1. The van der Waals surface area contributed by atoms with E-state index in [1.165, 1.54) is 66.6 Å². The molecule has 2 N–H and O–H groups in total. The SMILES string of the molecule is Cn1c(-c2c3c(nc4nc5c(c(N)c24)CCCCC5)CCCCC3)nc2ccccc21. The fourth-order valence-corrected chi connectivity index (χ4v) is 5.62. The number of fused-ring (bicyclic) bond motifs is 4. The Morgan fingerprint density at radius 3 is 2.16 bits per heavy atom. The highest BCUT2D eigenvalue weighted by atomic mass is 15.1. The Labute approximate surface area is 182 Å². The van der Waals surface area contributed by atoms with E-state index in [2.05, 4.69) is 35.9 Å². The molecule has 0 atom stereocenters. The van der Waals surface area contributed by atoms with Crippen LogP contribution in [0.1, 0.15) is 61.0 Å². The number of hydrogen-bond donors (Lipinski definition) is 1. The summed E-state index contributed by atoms with van der Waals surface area (Å²) in [6, 6.07) is 8.37. The second kappa shape index (κ2) is 7.33. The molecule has 3 aromatic heterocycles. The van der Waals surface area contributed by atoms with Crippen molar-refractivity contribution < 1.29 is 0 Å². The van der Waals surface area contributed by atoms with Crippen molar-refractivity contribution in [2.24, 2.45) is 7.05 Å². The van der Waals surface area contributed by atoms with E-state index in [4.69, 9.17) is 20.7 Å². The first-order valence-corrected chi connectivity index (χ1v) is 11.8. The van der Waals surface area contributed by atoms with E-state index in [0.29, 0.717) is 0 Å². The highest BCUT2D eigenvalue weighted by Crippen LogP contribution is 2.41. The average Bonchev–Trinajstić information content (AvgIpc) is 2.98. The summed E-state index contributed by atoms with van der Waals surface area (Å²) in [4.78, 5) is 15.3. The molecule has 0 radical (unpaired) electrons. The molecule has 0 amide bonds. The van der Waals surface area contributed by atoms with Gasteiger partial charge in [0.15, 0.2) is 5.65 Å². The van der Waals surface area contributed by atoms with E-state index in [1.807, 2.05) is 0 Å². The van der Waals surface area contributed by atoms with Crippen molar-refractivity contribution in [3.8, 4) is 11.4 Å². The molecule has 2 aliphatic carbocycles. The van der Waals surface area contributed by atoms with Gasteiger partial charge >= 0.3 is 0 Å². The van der Waals surface area contributed by atoms with E-state index in [1.54, 1.807) is 0 Å². The van der Waals surface area contributed by atoms with Crippen LogP contribution < -0.4 is 5.73 Å². The zero-order valence-corrected chi connectivity index (χ0v) is 18.2. The predicted molar refractivity (Wildman–Crippen MR) is 126 cm³/mol. The number of rotatable bonds is 1. The molecule has 6 rings (SSSR count). The maximum atomic E-state index is 6.95. The monoisotopic (exact) mass is 411 g/mol. The quantitative estimate of drug-likeness (QED) is 0.431. The van der Waals surface area contributed by atoms with Gasteiger partial charge in [0.05, 0.1) is 16.4 Å². The van der Waals surface area contributed by atoms with Crippen LogP contribution in [0.25, 0.3) is 33.5 Å². The number of para-hydroxylation sites is 2. The summed E-state index contributed by atoms with van der Waals surface area (Å²) in [5, 5.41) is 1.03. The van der Waals surface area contributed by atoms with Crippen molar-refractivity contribution in [2.45, 2.75) is 64.2 Å². The summed E-state index contributed by atoms with van der Waals surface area (Å²) in [5.74, 6) is 0.994. The molecular formula is C26H29N5. The summed E-state index contributed by atoms with van der Waals surface area (Å²) in [6.07, 6.45) is 11.3. The summed E-state index contributed by atoms with van der Waals surface area (Å²) < 4.78 is 2.22. The van der Waals surface area contributed by atoms with E-state index >= 15 is 0 Å². The Balaban J connectivity index is 1.74. The van der Waals surface area contributed by atoms with Crippen LogP contribution in [0.4, 0.5) is 5.69 Å². The minimum absolute atomic E-state index is 0.820. The number of hydrogen-bond acceptors (Lipinski definition) is 4. The molecule has 158 valence electrons. The molecule has 1 aromatic carbocycles. The van der Waals surface area contributed by atoms with Crippen LogP contribution in [0.2, 0.25) is 0 Å². The van der Waals surface area contributed by atoms with Gasteiger partial charge in [-0.2, -0.15) is 0 Å². The first kappa shape index (κ1) is 18.8. The molecule has 0 aliphatic heterocycles. The third kappa shape index (κ3) is 2.93. The molecule has 2 aliphatic rings.